The summed E-state index contributed by atoms with van der Waals surface area (Å²) >= 11 is 0. The maximum Gasteiger partial charge on any atom is 0.224 e. The molecule has 4 heteroatoms. The topological polar surface area (TPSA) is 50.4 Å². The average molecular weight is 326 g/mol. The average Bonchev–Trinajstić information content (AvgIpc) is 2.59. The number of methoxy groups -OCH3 is 1. The van der Waals surface area contributed by atoms with E-state index in [1.807, 2.05) is 48.5 Å². The molecule has 0 aromatic heterocycles. The molecule has 0 saturated carbocycles. The van der Waals surface area contributed by atoms with E-state index >= 15 is 0 Å². The lowest BCUT2D eigenvalue weighted by Gasteiger charge is -2.11. The Morgan fingerprint density at radius 2 is 1.79 bits per heavy atom. The van der Waals surface area contributed by atoms with E-state index in [1.165, 1.54) is 0 Å². The van der Waals surface area contributed by atoms with E-state index in [-0.39, 0.29) is 5.91 Å². The molecule has 1 amide bonds. The highest BCUT2D eigenvalue weighted by Gasteiger charge is 2.05. The Morgan fingerprint density at radius 3 is 2.46 bits per heavy atom. The third-order valence-electron chi connectivity index (χ3n) is 3.70. The molecule has 0 unspecified atom stereocenters. The van der Waals surface area contributed by atoms with Crippen molar-refractivity contribution in [3.8, 4) is 5.75 Å². The fraction of sp³-hybridized carbons (Fsp3) is 0.350. The van der Waals surface area contributed by atoms with Gasteiger partial charge in [-0.15, -0.1) is 0 Å². The molecular weight excluding hydrogens is 300 g/mol. The Labute approximate surface area is 144 Å². The summed E-state index contributed by atoms with van der Waals surface area (Å²) < 4.78 is 5.35. The van der Waals surface area contributed by atoms with Crippen molar-refractivity contribution in [2.75, 3.05) is 19.0 Å². The Balaban J connectivity index is 1.87. The van der Waals surface area contributed by atoms with Gasteiger partial charge in [0.15, 0.2) is 0 Å². The summed E-state index contributed by atoms with van der Waals surface area (Å²) in [6.45, 7) is 5.58. The quantitative estimate of drug-likeness (QED) is 0.779. The molecule has 2 aromatic rings. The van der Waals surface area contributed by atoms with Gasteiger partial charge in [-0.3, -0.25) is 4.79 Å². The van der Waals surface area contributed by atoms with Crippen molar-refractivity contribution in [2.45, 2.75) is 26.8 Å². The molecule has 2 aromatic carbocycles. The monoisotopic (exact) mass is 326 g/mol. The first-order valence-corrected chi connectivity index (χ1v) is 8.30. The van der Waals surface area contributed by atoms with Crippen LogP contribution in [-0.2, 0) is 17.8 Å². The second-order valence-corrected chi connectivity index (χ2v) is 6.24. The van der Waals surface area contributed by atoms with Crippen LogP contribution in [-0.4, -0.2) is 19.6 Å². The first kappa shape index (κ1) is 17.9. The molecule has 2 N–H and O–H groups in total. The molecule has 2 rings (SSSR count). The normalized spacial score (nSPS) is 10.5. The molecule has 0 fully saturated rings. The Morgan fingerprint density at radius 1 is 1.08 bits per heavy atom. The number of benzene rings is 2. The van der Waals surface area contributed by atoms with Gasteiger partial charge in [0.05, 0.1) is 13.5 Å². The molecule has 4 nitrogen and oxygen atoms in total. The fourth-order valence-corrected chi connectivity index (χ4v) is 2.35. The van der Waals surface area contributed by atoms with Crippen molar-refractivity contribution in [3.05, 3.63) is 59.7 Å². The maximum atomic E-state index is 11.8. The van der Waals surface area contributed by atoms with Gasteiger partial charge < -0.3 is 15.4 Å². The second kappa shape index (κ2) is 8.96. The van der Waals surface area contributed by atoms with Crippen LogP contribution in [0.2, 0.25) is 0 Å². The van der Waals surface area contributed by atoms with Gasteiger partial charge in [0.1, 0.15) is 5.75 Å². The number of hydrogen-bond donors (Lipinski definition) is 2. The van der Waals surface area contributed by atoms with Gasteiger partial charge in [0.2, 0.25) is 5.91 Å². The molecule has 128 valence electrons. The zero-order valence-electron chi connectivity index (χ0n) is 14.6. The van der Waals surface area contributed by atoms with E-state index in [9.17, 15) is 4.79 Å². The van der Waals surface area contributed by atoms with Gasteiger partial charge >= 0.3 is 0 Å². The van der Waals surface area contributed by atoms with Gasteiger partial charge in [0.25, 0.3) is 0 Å². The lowest BCUT2D eigenvalue weighted by molar-refractivity contribution is -0.120. The predicted molar refractivity (Wildman–Crippen MR) is 98.3 cm³/mol. The van der Waals surface area contributed by atoms with Crippen LogP contribution in [0.3, 0.4) is 0 Å². The van der Waals surface area contributed by atoms with Crippen molar-refractivity contribution in [1.29, 1.82) is 0 Å². The van der Waals surface area contributed by atoms with Crippen molar-refractivity contribution < 1.29 is 9.53 Å². The van der Waals surface area contributed by atoms with Crippen LogP contribution in [0.15, 0.2) is 48.5 Å². The number of para-hydroxylation sites is 1. The minimum absolute atomic E-state index is 0.0680. The summed E-state index contributed by atoms with van der Waals surface area (Å²) in [6.07, 6.45) is 0.416. The number of carbonyl (C=O) groups excluding carboxylic acids is 1. The summed E-state index contributed by atoms with van der Waals surface area (Å²) in [5.41, 5.74) is 3.14. The Bertz CT molecular complexity index is 651. The molecule has 24 heavy (non-hydrogen) atoms. The van der Waals surface area contributed by atoms with Crippen molar-refractivity contribution in [3.63, 3.8) is 0 Å². The van der Waals surface area contributed by atoms with Gasteiger partial charge in [-0.2, -0.15) is 0 Å². The fourth-order valence-electron chi connectivity index (χ4n) is 2.35. The number of amides is 1. The first-order valence-electron chi connectivity index (χ1n) is 8.30. The number of hydrogen-bond acceptors (Lipinski definition) is 3. The summed E-state index contributed by atoms with van der Waals surface area (Å²) in [6, 6.07) is 15.9. The van der Waals surface area contributed by atoms with E-state index < -0.39 is 0 Å². The van der Waals surface area contributed by atoms with Crippen LogP contribution in [0.4, 0.5) is 5.69 Å². The lowest BCUT2D eigenvalue weighted by atomic mass is 10.1. The highest BCUT2D eigenvalue weighted by molar-refractivity contribution is 5.78. The van der Waals surface area contributed by atoms with Crippen molar-refractivity contribution in [2.24, 2.45) is 5.92 Å². The number of anilines is 1. The standard InChI is InChI=1S/C20H26N2O2/c1-15(2)13-22-20(23)12-16-8-10-18(11-9-16)21-14-17-6-4-5-7-19(17)24-3/h4-11,15,21H,12-14H2,1-3H3,(H,22,23). The van der Waals surface area contributed by atoms with Crippen LogP contribution >= 0.6 is 0 Å². The van der Waals surface area contributed by atoms with Gasteiger partial charge in [0, 0.05) is 24.3 Å². The zero-order valence-corrected chi connectivity index (χ0v) is 14.6. The minimum Gasteiger partial charge on any atom is -0.496 e. The van der Waals surface area contributed by atoms with Crippen LogP contribution < -0.4 is 15.4 Å². The third-order valence-corrected chi connectivity index (χ3v) is 3.70. The highest BCUT2D eigenvalue weighted by Crippen LogP contribution is 2.19. The summed E-state index contributed by atoms with van der Waals surface area (Å²) in [7, 11) is 1.68. The number of ether oxygens (including phenoxy) is 1. The summed E-state index contributed by atoms with van der Waals surface area (Å²) in [5, 5.41) is 6.31. The van der Waals surface area contributed by atoms with Gasteiger partial charge in [-0.05, 0) is 29.7 Å². The van der Waals surface area contributed by atoms with Crippen LogP contribution in [0.5, 0.6) is 5.75 Å². The molecule has 0 saturated heterocycles. The van der Waals surface area contributed by atoms with Gasteiger partial charge in [-0.25, -0.2) is 0 Å². The SMILES string of the molecule is COc1ccccc1CNc1ccc(CC(=O)NCC(C)C)cc1. The Kier molecular flexibility index (Phi) is 6.67. The minimum atomic E-state index is 0.0680. The largest absolute Gasteiger partial charge is 0.496 e. The molecule has 0 aliphatic rings. The molecule has 0 aliphatic heterocycles. The van der Waals surface area contributed by atoms with E-state index in [4.69, 9.17) is 4.74 Å². The van der Waals surface area contributed by atoms with Crippen LogP contribution in [0, 0.1) is 5.92 Å². The van der Waals surface area contributed by atoms with E-state index in [2.05, 4.69) is 24.5 Å². The zero-order chi connectivity index (χ0) is 17.4. The molecule has 0 aliphatic carbocycles. The highest BCUT2D eigenvalue weighted by atomic mass is 16.5. The molecule has 0 bridgehead atoms. The first-order chi connectivity index (χ1) is 11.6. The predicted octanol–water partition coefficient (Wildman–Crippen LogP) is 3.62. The van der Waals surface area contributed by atoms with E-state index in [0.29, 0.717) is 18.9 Å². The smallest absolute Gasteiger partial charge is 0.224 e. The number of nitrogens with one attached hydrogen (secondary N) is 2. The number of carbonyl (C=O) groups is 1. The molecular formula is C20H26N2O2. The Hall–Kier alpha value is -2.49. The third kappa shape index (κ3) is 5.61. The summed E-state index contributed by atoms with van der Waals surface area (Å²) in [5.74, 6) is 1.41. The molecule has 0 spiro atoms. The van der Waals surface area contributed by atoms with Crippen molar-refractivity contribution >= 4 is 11.6 Å². The molecule has 0 atom stereocenters. The number of rotatable bonds is 8. The van der Waals surface area contributed by atoms with Crippen LogP contribution in [0.1, 0.15) is 25.0 Å². The summed E-state index contributed by atoms with van der Waals surface area (Å²) in [4.78, 5) is 11.8. The molecule has 0 radical (unpaired) electrons. The second-order valence-electron chi connectivity index (χ2n) is 6.24. The molecule has 0 heterocycles. The van der Waals surface area contributed by atoms with E-state index in [1.54, 1.807) is 7.11 Å². The maximum absolute atomic E-state index is 11.8. The lowest BCUT2D eigenvalue weighted by Crippen LogP contribution is -2.28. The van der Waals surface area contributed by atoms with Crippen molar-refractivity contribution in [1.82, 2.24) is 5.32 Å². The van der Waals surface area contributed by atoms with Gasteiger partial charge in [-0.1, -0.05) is 44.2 Å². The van der Waals surface area contributed by atoms with Crippen LogP contribution in [0.25, 0.3) is 0 Å². The van der Waals surface area contributed by atoms with E-state index in [0.717, 1.165) is 29.1 Å².